The quantitative estimate of drug-likeness (QED) is 0.758. The van der Waals surface area contributed by atoms with Crippen molar-refractivity contribution >= 4 is 12.1 Å². The van der Waals surface area contributed by atoms with Crippen LogP contribution in [0.15, 0.2) is 0 Å². The lowest BCUT2D eigenvalue weighted by molar-refractivity contribution is -0.142. The third-order valence-electron chi connectivity index (χ3n) is 2.57. The molecule has 0 aliphatic heterocycles. The molecule has 2 unspecified atom stereocenters. The Balaban J connectivity index is 4.62. The maximum Gasteiger partial charge on any atom is 0.410 e. The lowest BCUT2D eigenvalue weighted by Crippen LogP contribution is -2.45. The Morgan fingerprint density at radius 1 is 1.31 bits per heavy atom. The number of ether oxygens (including phenoxy) is 1. The van der Waals surface area contributed by atoms with Crippen LogP contribution in [0.5, 0.6) is 0 Å². The third-order valence-corrected chi connectivity index (χ3v) is 2.57. The second-order valence-corrected chi connectivity index (χ2v) is 3.76. The van der Waals surface area contributed by atoms with Gasteiger partial charge in [0, 0.05) is 12.6 Å². The predicted molar refractivity (Wildman–Crippen MR) is 60.3 cm³/mol. The summed E-state index contributed by atoms with van der Waals surface area (Å²) in [5.41, 5.74) is 0. The highest BCUT2D eigenvalue weighted by molar-refractivity contribution is 5.73. The molecule has 0 heterocycles. The summed E-state index contributed by atoms with van der Waals surface area (Å²) >= 11 is 0. The smallest absolute Gasteiger partial charge is 0.410 e. The number of aliphatic carboxylic acids is 1. The number of hydrogen-bond acceptors (Lipinski definition) is 3. The lowest BCUT2D eigenvalue weighted by atomic mass is 10.0. The van der Waals surface area contributed by atoms with E-state index in [1.54, 1.807) is 20.8 Å². The van der Waals surface area contributed by atoms with Crippen molar-refractivity contribution in [3.05, 3.63) is 0 Å². The van der Waals surface area contributed by atoms with Crippen molar-refractivity contribution < 1.29 is 19.4 Å². The van der Waals surface area contributed by atoms with Gasteiger partial charge in [-0.1, -0.05) is 6.92 Å². The molecule has 2 atom stereocenters. The minimum absolute atomic E-state index is 0.299. The van der Waals surface area contributed by atoms with E-state index in [0.717, 1.165) is 6.42 Å². The van der Waals surface area contributed by atoms with Gasteiger partial charge in [0.25, 0.3) is 0 Å². The van der Waals surface area contributed by atoms with Crippen molar-refractivity contribution in [1.82, 2.24) is 4.90 Å². The van der Waals surface area contributed by atoms with Gasteiger partial charge in [-0.05, 0) is 27.2 Å². The highest BCUT2D eigenvalue weighted by atomic mass is 16.6. The van der Waals surface area contributed by atoms with Gasteiger partial charge in [-0.3, -0.25) is 4.79 Å². The number of carboxylic acid groups (broad SMARTS) is 1. The summed E-state index contributed by atoms with van der Waals surface area (Å²) in [6, 6.07) is -0.364. The van der Waals surface area contributed by atoms with Crippen LogP contribution in [0.25, 0.3) is 0 Å². The molecule has 5 heteroatoms. The molecule has 0 saturated carbocycles. The van der Waals surface area contributed by atoms with Crippen LogP contribution in [0.2, 0.25) is 0 Å². The van der Waals surface area contributed by atoms with Crippen molar-refractivity contribution in [3.63, 3.8) is 0 Å². The summed E-state index contributed by atoms with van der Waals surface area (Å²) in [5, 5.41) is 8.90. The zero-order chi connectivity index (χ0) is 12.7. The van der Waals surface area contributed by atoms with E-state index >= 15 is 0 Å². The van der Waals surface area contributed by atoms with E-state index in [2.05, 4.69) is 0 Å². The van der Waals surface area contributed by atoms with Gasteiger partial charge in [-0.2, -0.15) is 0 Å². The predicted octanol–water partition coefficient (Wildman–Crippen LogP) is 1.96. The normalized spacial score (nSPS) is 14.0. The SMILES string of the molecule is CCCN(C(=O)OCC)C(C)C(C)C(=O)O. The molecule has 0 aliphatic carbocycles. The first-order valence-corrected chi connectivity index (χ1v) is 5.61. The highest BCUT2D eigenvalue weighted by Gasteiger charge is 2.28. The molecular formula is C11H21NO4. The molecule has 0 spiro atoms. The summed E-state index contributed by atoms with van der Waals surface area (Å²) < 4.78 is 4.90. The number of amides is 1. The molecule has 0 rings (SSSR count). The second-order valence-electron chi connectivity index (χ2n) is 3.76. The first kappa shape index (κ1) is 14.7. The van der Waals surface area contributed by atoms with E-state index < -0.39 is 18.0 Å². The summed E-state index contributed by atoms with van der Waals surface area (Å²) in [6.07, 6.45) is 0.333. The van der Waals surface area contributed by atoms with Crippen LogP contribution < -0.4 is 0 Å². The summed E-state index contributed by atoms with van der Waals surface area (Å²) in [4.78, 5) is 23.9. The summed E-state index contributed by atoms with van der Waals surface area (Å²) in [5.74, 6) is -1.51. The van der Waals surface area contributed by atoms with Crippen molar-refractivity contribution in [2.45, 2.75) is 40.2 Å². The Morgan fingerprint density at radius 2 is 1.88 bits per heavy atom. The second kappa shape index (κ2) is 7.09. The van der Waals surface area contributed by atoms with Crippen LogP contribution in [0.4, 0.5) is 4.79 Å². The minimum Gasteiger partial charge on any atom is -0.481 e. The molecule has 0 fully saturated rings. The Labute approximate surface area is 96.4 Å². The van der Waals surface area contributed by atoms with Crippen LogP contribution in [-0.2, 0) is 9.53 Å². The molecule has 5 nitrogen and oxygen atoms in total. The fourth-order valence-corrected chi connectivity index (χ4v) is 1.38. The van der Waals surface area contributed by atoms with Gasteiger partial charge in [0.2, 0.25) is 0 Å². The summed E-state index contributed by atoms with van der Waals surface area (Å²) in [6.45, 7) is 7.79. The molecule has 94 valence electrons. The average Bonchev–Trinajstić information content (AvgIpc) is 2.24. The molecule has 0 aliphatic rings. The van der Waals surface area contributed by atoms with Crippen LogP contribution in [0.1, 0.15) is 34.1 Å². The van der Waals surface area contributed by atoms with E-state index in [-0.39, 0.29) is 6.04 Å². The number of carboxylic acids is 1. The molecule has 0 aromatic heterocycles. The van der Waals surface area contributed by atoms with Gasteiger partial charge in [-0.25, -0.2) is 4.79 Å². The van der Waals surface area contributed by atoms with Crippen LogP contribution in [0.3, 0.4) is 0 Å². The van der Waals surface area contributed by atoms with Gasteiger partial charge in [0.15, 0.2) is 0 Å². The van der Waals surface area contributed by atoms with Crippen molar-refractivity contribution in [3.8, 4) is 0 Å². The minimum atomic E-state index is -0.905. The van der Waals surface area contributed by atoms with E-state index in [1.165, 1.54) is 4.90 Å². The maximum absolute atomic E-state index is 11.6. The molecular weight excluding hydrogens is 210 g/mol. The molecule has 16 heavy (non-hydrogen) atoms. The van der Waals surface area contributed by atoms with Crippen molar-refractivity contribution in [2.24, 2.45) is 5.92 Å². The number of hydrogen-bond donors (Lipinski definition) is 1. The number of rotatable bonds is 6. The summed E-state index contributed by atoms with van der Waals surface area (Å²) in [7, 11) is 0. The average molecular weight is 231 g/mol. The Bertz CT molecular complexity index is 242. The monoisotopic (exact) mass is 231 g/mol. The Kier molecular flexibility index (Phi) is 6.53. The fourth-order valence-electron chi connectivity index (χ4n) is 1.38. The zero-order valence-corrected chi connectivity index (χ0v) is 10.4. The van der Waals surface area contributed by atoms with Gasteiger partial charge < -0.3 is 14.7 Å². The third kappa shape index (κ3) is 4.08. The first-order valence-electron chi connectivity index (χ1n) is 5.61. The fraction of sp³-hybridized carbons (Fsp3) is 0.818. The highest BCUT2D eigenvalue weighted by Crippen LogP contribution is 2.13. The van der Waals surface area contributed by atoms with Gasteiger partial charge in [0.1, 0.15) is 0 Å². The molecule has 1 amide bonds. The van der Waals surface area contributed by atoms with E-state index in [0.29, 0.717) is 13.2 Å². The van der Waals surface area contributed by atoms with Crippen molar-refractivity contribution in [2.75, 3.05) is 13.2 Å². The topological polar surface area (TPSA) is 66.8 Å². The van der Waals surface area contributed by atoms with E-state index in [4.69, 9.17) is 9.84 Å². The molecule has 0 saturated heterocycles. The lowest BCUT2D eigenvalue weighted by Gasteiger charge is -2.30. The van der Waals surface area contributed by atoms with Gasteiger partial charge in [0.05, 0.1) is 12.5 Å². The Hall–Kier alpha value is -1.26. The number of carbonyl (C=O) groups is 2. The van der Waals surface area contributed by atoms with Crippen molar-refractivity contribution in [1.29, 1.82) is 0 Å². The molecule has 0 aromatic carbocycles. The zero-order valence-electron chi connectivity index (χ0n) is 10.4. The Morgan fingerprint density at radius 3 is 2.25 bits per heavy atom. The molecule has 1 N–H and O–H groups in total. The van der Waals surface area contributed by atoms with Gasteiger partial charge >= 0.3 is 12.1 Å². The van der Waals surface area contributed by atoms with Gasteiger partial charge in [-0.15, -0.1) is 0 Å². The molecule has 0 bridgehead atoms. The largest absolute Gasteiger partial charge is 0.481 e. The number of nitrogens with zero attached hydrogens (tertiary/aromatic N) is 1. The van der Waals surface area contributed by atoms with Crippen LogP contribution in [-0.4, -0.2) is 41.3 Å². The van der Waals surface area contributed by atoms with Crippen LogP contribution in [0, 0.1) is 5.92 Å². The first-order chi connectivity index (χ1) is 7.45. The number of carbonyl (C=O) groups excluding carboxylic acids is 1. The molecule has 0 aromatic rings. The van der Waals surface area contributed by atoms with E-state index in [1.807, 2.05) is 6.92 Å². The standard InChI is InChI=1S/C11H21NO4/c1-5-7-12(11(15)16-6-2)9(4)8(3)10(13)14/h8-9H,5-7H2,1-4H3,(H,13,14). The van der Waals surface area contributed by atoms with Crippen LogP contribution >= 0.6 is 0 Å². The van der Waals surface area contributed by atoms with E-state index in [9.17, 15) is 9.59 Å². The maximum atomic E-state index is 11.6. The molecule has 0 radical (unpaired) electrons.